The van der Waals surface area contributed by atoms with Crippen molar-refractivity contribution >= 4 is 21.8 Å². The van der Waals surface area contributed by atoms with Gasteiger partial charge in [0.15, 0.2) is 11.4 Å². The lowest BCUT2D eigenvalue weighted by atomic mass is 9.80. The Morgan fingerprint density at radius 3 is 2.61 bits per heavy atom. The van der Waals surface area contributed by atoms with Crippen molar-refractivity contribution in [1.82, 2.24) is 14.7 Å². The van der Waals surface area contributed by atoms with E-state index >= 15 is 0 Å². The maximum Gasteiger partial charge on any atom is 0.276 e. The lowest BCUT2D eigenvalue weighted by Crippen LogP contribution is -2.50. The molecule has 0 radical (unpaired) electrons. The third kappa shape index (κ3) is 3.17. The molecule has 31 heavy (non-hydrogen) atoms. The van der Waals surface area contributed by atoms with E-state index in [0.29, 0.717) is 6.54 Å². The first kappa shape index (κ1) is 19.9. The lowest BCUT2D eigenvalue weighted by Gasteiger charge is -2.42. The maximum atomic E-state index is 13.7. The number of aromatic hydroxyl groups is 1. The molecule has 0 bridgehead atoms. The first-order chi connectivity index (χ1) is 15.0. The average molecular weight is 484 g/mol. The summed E-state index contributed by atoms with van der Waals surface area (Å²) < 4.78 is 16.1. The number of carbonyl (C=O) groups excluding carboxylic acids is 1. The standard InChI is InChI=1S/C23H19BrFN3O3/c24-16-5-2-1-4-15(16)19(13-7-9-14(25)10-8-13)20-17-6-3-11-27(17)23(31)21-22(30)18(29)12-26-28(20)21/h1-2,4-5,7-10,12,17,19-20,30H,3,6,11H2/t17-,19?,20-/m1/s1. The van der Waals surface area contributed by atoms with Crippen LogP contribution in [0.1, 0.15) is 46.4 Å². The van der Waals surface area contributed by atoms with E-state index in [-0.39, 0.29) is 35.4 Å². The number of hydrogen-bond donors (Lipinski definition) is 1. The van der Waals surface area contributed by atoms with E-state index in [1.807, 2.05) is 24.3 Å². The number of benzene rings is 2. The van der Waals surface area contributed by atoms with Gasteiger partial charge < -0.3 is 10.0 Å². The van der Waals surface area contributed by atoms with Gasteiger partial charge in [0.2, 0.25) is 5.43 Å². The zero-order valence-electron chi connectivity index (χ0n) is 16.4. The van der Waals surface area contributed by atoms with Gasteiger partial charge in [-0.1, -0.05) is 46.3 Å². The highest BCUT2D eigenvalue weighted by molar-refractivity contribution is 9.10. The van der Waals surface area contributed by atoms with Crippen LogP contribution in [-0.4, -0.2) is 38.3 Å². The number of nitrogens with zero attached hydrogens (tertiary/aromatic N) is 3. The SMILES string of the molecule is O=C1c2c(O)c(=O)cnn2[C@@H](C(c2ccc(F)cc2)c2ccccc2Br)[C@H]2CCCN12. The van der Waals surface area contributed by atoms with Crippen molar-refractivity contribution in [3.8, 4) is 5.75 Å². The molecule has 1 N–H and O–H groups in total. The number of fused-ring (bicyclic) bond motifs is 2. The minimum absolute atomic E-state index is 0.0881. The molecule has 1 aromatic heterocycles. The Bertz CT molecular complexity index is 1230. The second-order valence-electron chi connectivity index (χ2n) is 7.90. The predicted molar refractivity (Wildman–Crippen MR) is 116 cm³/mol. The highest BCUT2D eigenvalue weighted by atomic mass is 79.9. The van der Waals surface area contributed by atoms with Crippen LogP contribution in [0.2, 0.25) is 0 Å². The molecule has 3 aromatic rings. The van der Waals surface area contributed by atoms with Crippen molar-refractivity contribution < 1.29 is 14.3 Å². The molecule has 5 rings (SSSR count). The van der Waals surface area contributed by atoms with Crippen LogP contribution in [0.5, 0.6) is 5.75 Å². The van der Waals surface area contributed by atoms with Crippen molar-refractivity contribution in [3.63, 3.8) is 0 Å². The third-order valence-corrected chi connectivity index (χ3v) is 6.96. The molecule has 1 saturated heterocycles. The molecular formula is C23H19BrFN3O3. The molecule has 158 valence electrons. The molecule has 1 unspecified atom stereocenters. The lowest BCUT2D eigenvalue weighted by molar-refractivity contribution is 0.0565. The predicted octanol–water partition coefficient (Wildman–Crippen LogP) is 3.84. The molecule has 1 amide bonds. The molecule has 3 atom stereocenters. The van der Waals surface area contributed by atoms with Crippen molar-refractivity contribution in [2.45, 2.75) is 30.8 Å². The first-order valence-corrected chi connectivity index (χ1v) is 10.9. The molecule has 2 aliphatic heterocycles. The largest absolute Gasteiger partial charge is 0.502 e. The van der Waals surface area contributed by atoms with Gasteiger partial charge in [-0.2, -0.15) is 5.10 Å². The summed E-state index contributed by atoms with van der Waals surface area (Å²) in [5, 5.41) is 14.8. The molecule has 0 aliphatic carbocycles. The van der Waals surface area contributed by atoms with Gasteiger partial charge in [0.25, 0.3) is 5.91 Å². The van der Waals surface area contributed by atoms with Gasteiger partial charge in [-0.3, -0.25) is 14.3 Å². The van der Waals surface area contributed by atoms with Crippen LogP contribution in [0.25, 0.3) is 0 Å². The second kappa shape index (κ2) is 7.60. The second-order valence-corrected chi connectivity index (χ2v) is 8.75. The number of rotatable bonds is 3. The number of halogens is 2. The summed E-state index contributed by atoms with van der Waals surface area (Å²) in [5.74, 6) is -1.61. The van der Waals surface area contributed by atoms with Gasteiger partial charge in [0.1, 0.15) is 5.82 Å². The minimum atomic E-state index is -0.685. The Labute approximate surface area is 186 Å². The molecule has 0 spiro atoms. The highest BCUT2D eigenvalue weighted by Gasteiger charge is 2.48. The Hall–Kier alpha value is -3.00. The molecule has 3 heterocycles. The average Bonchev–Trinajstić information content (AvgIpc) is 3.25. The summed E-state index contributed by atoms with van der Waals surface area (Å²) in [5.41, 5.74) is 1.03. The van der Waals surface area contributed by atoms with E-state index in [4.69, 9.17) is 0 Å². The molecule has 0 saturated carbocycles. The molecule has 1 fully saturated rings. The Kier molecular flexibility index (Phi) is 4.89. The summed E-state index contributed by atoms with van der Waals surface area (Å²) in [7, 11) is 0. The van der Waals surface area contributed by atoms with Crippen LogP contribution in [0.3, 0.4) is 0 Å². The first-order valence-electron chi connectivity index (χ1n) is 10.1. The highest BCUT2D eigenvalue weighted by Crippen LogP contribution is 2.47. The van der Waals surface area contributed by atoms with E-state index in [1.54, 1.807) is 17.0 Å². The molecule has 2 aromatic carbocycles. The van der Waals surface area contributed by atoms with Crippen molar-refractivity contribution in [1.29, 1.82) is 0 Å². The molecule has 6 nitrogen and oxygen atoms in total. The van der Waals surface area contributed by atoms with Gasteiger partial charge in [-0.05, 0) is 42.2 Å². The Morgan fingerprint density at radius 2 is 1.87 bits per heavy atom. The zero-order chi connectivity index (χ0) is 21.7. The molecular weight excluding hydrogens is 465 g/mol. The van der Waals surface area contributed by atoms with Gasteiger partial charge in [0.05, 0.1) is 18.3 Å². The summed E-state index contributed by atoms with van der Waals surface area (Å²) in [6, 6.07) is 13.5. The number of carbonyl (C=O) groups is 1. The van der Waals surface area contributed by atoms with Crippen LogP contribution >= 0.6 is 15.9 Å². The Morgan fingerprint density at radius 1 is 1.13 bits per heavy atom. The number of hydrogen-bond acceptors (Lipinski definition) is 4. The van der Waals surface area contributed by atoms with Crippen molar-refractivity contribution in [2.24, 2.45) is 0 Å². The maximum absolute atomic E-state index is 13.7. The van der Waals surface area contributed by atoms with Gasteiger partial charge >= 0.3 is 0 Å². The topological polar surface area (TPSA) is 75.4 Å². The summed E-state index contributed by atoms with van der Waals surface area (Å²) in [6.45, 7) is 0.550. The van der Waals surface area contributed by atoms with Crippen molar-refractivity contribution in [3.05, 3.63) is 92.1 Å². The summed E-state index contributed by atoms with van der Waals surface area (Å²) in [4.78, 5) is 27.0. The van der Waals surface area contributed by atoms with Crippen LogP contribution in [-0.2, 0) is 0 Å². The van der Waals surface area contributed by atoms with E-state index in [1.165, 1.54) is 16.8 Å². The van der Waals surface area contributed by atoms with Crippen LogP contribution < -0.4 is 5.43 Å². The monoisotopic (exact) mass is 483 g/mol. The van der Waals surface area contributed by atoms with Gasteiger partial charge in [0, 0.05) is 16.9 Å². The van der Waals surface area contributed by atoms with Gasteiger partial charge in [-0.25, -0.2) is 4.39 Å². The fourth-order valence-corrected chi connectivity index (χ4v) is 5.44. The molecule has 2 aliphatic rings. The van der Waals surface area contributed by atoms with E-state index in [9.17, 15) is 19.1 Å². The van der Waals surface area contributed by atoms with Crippen LogP contribution in [0, 0.1) is 5.82 Å². The van der Waals surface area contributed by atoms with E-state index in [2.05, 4.69) is 21.0 Å². The van der Waals surface area contributed by atoms with Crippen molar-refractivity contribution in [2.75, 3.05) is 6.54 Å². The third-order valence-electron chi connectivity index (χ3n) is 6.24. The quantitative estimate of drug-likeness (QED) is 0.613. The van der Waals surface area contributed by atoms with E-state index < -0.39 is 11.2 Å². The van der Waals surface area contributed by atoms with Crippen LogP contribution in [0.4, 0.5) is 4.39 Å². The fraction of sp³-hybridized carbons (Fsp3) is 0.261. The Balaban J connectivity index is 1.79. The van der Waals surface area contributed by atoms with Crippen LogP contribution in [0.15, 0.2) is 64.0 Å². The van der Waals surface area contributed by atoms with Gasteiger partial charge in [-0.15, -0.1) is 0 Å². The normalized spacial score (nSPS) is 21.0. The summed E-state index contributed by atoms with van der Waals surface area (Å²) in [6.07, 6.45) is 2.64. The number of aromatic nitrogens is 2. The van der Waals surface area contributed by atoms with E-state index in [0.717, 1.165) is 34.6 Å². The minimum Gasteiger partial charge on any atom is -0.502 e. The number of amides is 1. The zero-order valence-corrected chi connectivity index (χ0v) is 18.0. The smallest absolute Gasteiger partial charge is 0.276 e. The fourth-order valence-electron chi connectivity index (χ4n) is 4.90. The molecule has 8 heteroatoms. The summed E-state index contributed by atoms with van der Waals surface area (Å²) >= 11 is 3.64.